The Morgan fingerprint density at radius 2 is 2.08 bits per heavy atom. The number of rotatable bonds is 7. The van der Waals surface area contributed by atoms with E-state index >= 15 is 0 Å². The number of fused-ring (bicyclic) bond motifs is 1. The monoisotopic (exact) mass is 341 g/mol. The average Bonchev–Trinajstić information content (AvgIpc) is 3.03. The third-order valence-corrected chi connectivity index (χ3v) is 4.43. The molecule has 0 saturated carbocycles. The predicted octanol–water partition coefficient (Wildman–Crippen LogP) is 3.18. The fourth-order valence-corrected chi connectivity index (χ4v) is 3.19. The number of aromatic nitrogens is 2. The lowest BCUT2D eigenvalue weighted by Gasteiger charge is -2.16. The molecule has 2 aromatic heterocycles. The molecule has 0 atom stereocenters. The van der Waals surface area contributed by atoms with Crippen molar-refractivity contribution in [1.82, 2.24) is 14.9 Å². The zero-order valence-corrected chi connectivity index (χ0v) is 14.3. The molecule has 5 nitrogen and oxygen atoms in total. The zero-order valence-electron chi connectivity index (χ0n) is 13.5. The van der Waals surface area contributed by atoms with Crippen molar-refractivity contribution >= 4 is 21.6 Å². The fraction of sp³-hybridized carbons (Fsp3) is 0.222. The molecule has 0 bridgehead atoms. The average molecular weight is 341 g/mol. The highest BCUT2D eigenvalue weighted by atomic mass is 32.1. The smallest absolute Gasteiger partial charge is 0.268 e. The molecule has 2 heterocycles. The van der Waals surface area contributed by atoms with Crippen LogP contribution in [0.5, 0.6) is 5.75 Å². The van der Waals surface area contributed by atoms with Crippen molar-refractivity contribution in [1.29, 1.82) is 0 Å². The van der Waals surface area contributed by atoms with Crippen LogP contribution in [0.25, 0.3) is 10.2 Å². The number of hydrogen-bond acceptors (Lipinski definition) is 5. The highest BCUT2D eigenvalue weighted by Gasteiger charge is 2.08. The molecule has 0 aliphatic rings. The van der Waals surface area contributed by atoms with Crippen LogP contribution >= 0.6 is 11.3 Å². The summed E-state index contributed by atoms with van der Waals surface area (Å²) >= 11 is 1.41. The Labute approximate surface area is 144 Å². The number of H-pyrrole nitrogens is 1. The van der Waals surface area contributed by atoms with Gasteiger partial charge in [-0.1, -0.05) is 24.8 Å². The van der Waals surface area contributed by atoms with Gasteiger partial charge in [0.05, 0.1) is 12.1 Å². The Hall–Kier alpha value is -2.44. The van der Waals surface area contributed by atoms with Crippen LogP contribution in [0.2, 0.25) is 0 Å². The van der Waals surface area contributed by atoms with E-state index in [1.165, 1.54) is 16.9 Å². The zero-order chi connectivity index (χ0) is 16.9. The molecule has 0 amide bonds. The minimum absolute atomic E-state index is 0.0675. The van der Waals surface area contributed by atoms with E-state index in [-0.39, 0.29) is 5.56 Å². The minimum atomic E-state index is -0.0675. The highest BCUT2D eigenvalue weighted by molar-refractivity contribution is 7.17. The van der Waals surface area contributed by atoms with Crippen molar-refractivity contribution in [3.63, 3.8) is 0 Å². The van der Waals surface area contributed by atoms with Gasteiger partial charge >= 0.3 is 0 Å². The molecule has 0 spiro atoms. The molecule has 1 N–H and O–H groups in total. The lowest BCUT2D eigenvalue weighted by Crippen LogP contribution is -2.21. The van der Waals surface area contributed by atoms with Crippen molar-refractivity contribution in [3.05, 3.63) is 70.1 Å². The van der Waals surface area contributed by atoms with Crippen LogP contribution in [0.4, 0.5) is 0 Å². The number of aromatic amines is 1. The predicted molar refractivity (Wildman–Crippen MR) is 97.5 cm³/mol. The van der Waals surface area contributed by atoms with Crippen LogP contribution < -0.4 is 10.3 Å². The largest absolute Gasteiger partial charge is 0.490 e. The molecule has 3 rings (SSSR count). The summed E-state index contributed by atoms with van der Waals surface area (Å²) < 4.78 is 6.15. The summed E-state index contributed by atoms with van der Waals surface area (Å²) in [5, 5.41) is 1.89. The van der Waals surface area contributed by atoms with Crippen molar-refractivity contribution in [2.45, 2.75) is 13.1 Å². The first-order valence-corrected chi connectivity index (χ1v) is 8.51. The minimum Gasteiger partial charge on any atom is -0.490 e. The van der Waals surface area contributed by atoms with Gasteiger partial charge in [-0.15, -0.1) is 11.3 Å². The molecule has 6 heteroatoms. The van der Waals surface area contributed by atoms with E-state index in [9.17, 15) is 4.79 Å². The number of hydrogen-bond donors (Lipinski definition) is 1. The first-order chi connectivity index (χ1) is 11.7. The number of nitrogens with zero attached hydrogens (tertiary/aromatic N) is 2. The van der Waals surface area contributed by atoms with Crippen LogP contribution in [0, 0.1) is 0 Å². The van der Waals surface area contributed by atoms with Crippen LogP contribution in [0.3, 0.4) is 0 Å². The molecule has 0 saturated heterocycles. The Morgan fingerprint density at radius 3 is 2.83 bits per heavy atom. The van der Waals surface area contributed by atoms with E-state index in [0.29, 0.717) is 23.7 Å². The summed E-state index contributed by atoms with van der Waals surface area (Å²) in [7, 11) is 2.00. The lowest BCUT2D eigenvalue weighted by atomic mass is 10.2. The van der Waals surface area contributed by atoms with Gasteiger partial charge in [-0.05, 0) is 36.2 Å². The van der Waals surface area contributed by atoms with Gasteiger partial charge in [0.15, 0.2) is 0 Å². The van der Waals surface area contributed by atoms with Gasteiger partial charge in [0.25, 0.3) is 5.56 Å². The van der Waals surface area contributed by atoms with Crippen LogP contribution in [-0.2, 0) is 13.1 Å². The van der Waals surface area contributed by atoms with Gasteiger partial charge in [0.2, 0.25) is 0 Å². The molecule has 3 aromatic rings. The third-order valence-electron chi connectivity index (χ3n) is 3.53. The SMILES string of the molecule is C=CCOc1ccc(CN(C)Cc2nc3ccsc3c(=O)[nH]2)cc1. The molecule has 124 valence electrons. The van der Waals surface area contributed by atoms with Gasteiger partial charge in [-0.3, -0.25) is 9.69 Å². The molecular weight excluding hydrogens is 322 g/mol. The van der Waals surface area contributed by atoms with Gasteiger partial charge in [0.1, 0.15) is 22.9 Å². The van der Waals surface area contributed by atoms with Crippen LogP contribution in [0.15, 0.2) is 53.2 Å². The molecule has 0 unspecified atom stereocenters. The molecule has 1 aromatic carbocycles. The Bertz CT molecular complexity index is 883. The van der Waals surface area contributed by atoms with Crippen LogP contribution in [0.1, 0.15) is 11.4 Å². The van der Waals surface area contributed by atoms with E-state index in [1.807, 2.05) is 42.8 Å². The third kappa shape index (κ3) is 3.90. The summed E-state index contributed by atoms with van der Waals surface area (Å²) in [4.78, 5) is 21.5. The van der Waals surface area contributed by atoms with E-state index in [1.54, 1.807) is 6.08 Å². The van der Waals surface area contributed by atoms with Gasteiger partial charge in [-0.25, -0.2) is 4.98 Å². The summed E-state index contributed by atoms with van der Waals surface area (Å²) in [6, 6.07) is 9.84. The van der Waals surface area contributed by atoms with Gasteiger partial charge < -0.3 is 9.72 Å². The summed E-state index contributed by atoms with van der Waals surface area (Å²) in [6.45, 7) is 5.47. The van der Waals surface area contributed by atoms with Crippen LogP contribution in [-0.4, -0.2) is 28.5 Å². The van der Waals surface area contributed by atoms with E-state index in [0.717, 1.165) is 17.8 Å². The van der Waals surface area contributed by atoms with Gasteiger partial charge in [0, 0.05) is 6.54 Å². The summed E-state index contributed by atoms with van der Waals surface area (Å²) in [6.07, 6.45) is 1.72. The van der Waals surface area contributed by atoms with Gasteiger partial charge in [-0.2, -0.15) is 0 Å². The topological polar surface area (TPSA) is 58.2 Å². The maximum atomic E-state index is 12.0. The number of nitrogens with one attached hydrogen (secondary N) is 1. The highest BCUT2D eigenvalue weighted by Crippen LogP contribution is 2.16. The molecule has 24 heavy (non-hydrogen) atoms. The van der Waals surface area contributed by atoms with E-state index < -0.39 is 0 Å². The first-order valence-electron chi connectivity index (χ1n) is 7.63. The second-order valence-electron chi connectivity index (χ2n) is 5.56. The molecular formula is C18H19N3O2S. The standard InChI is InChI=1S/C18H19N3O2S/c1-3-9-23-14-6-4-13(5-7-14)11-21(2)12-16-19-15-8-10-24-17(15)18(22)20-16/h3-8,10H,1,9,11-12H2,2H3,(H,19,20,22). The maximum Gasteiger partial charge on any atom is 0.268 e. The number of ether oxygens (including phenoxy) is 1. The van der Waals surface area contributed by atoms with E-state index in [2.05, 4.69) is 21.4 Å². The first kappa shape index (κ1) is 16.4. The molecule has 0 aliphatic carbocycles. The summed E-state index contributed by atoms with van der Waals surface area (Å²) in [5.74, 6) is 1.51. The fourth-order valence-electron chi connectivity index (χ4n) is 2.47. The summed E-state index contributed by atoms with van der Waals surface area (Å²) in [5.41, 5.74) is 1.86. The number of benzene rings is 1. The van der Waals surface area contributed by atoms with Crippen molar-refractivity contribution in [2.24, 2.45) is 0 Å². The molecule has 0 aliphatic heterocycles. The second kappa shape index (κ2) is 7.42. The quantitative estimate of drug-likeness (QED) is 0.671. The van der Waals surface area contributed by atoms with Crippen molar-refractivity contribution in [2.75, 3.05) is 13.7 Å². The Morgan fingerprint density at radius 1 is 1.29 bits per heavy atom. The Kier molecular flexibility index (Phi) is 5.08. The lowest BCUT2D eigenvalue weighted by molar-refractivity contribution is 0.310. The normalized spacial score (nSPS) is 11.1. The van der Waals surface area contributed by atoms with Crippen molar-refractivity contribution in [3.8, 4) is 5.75 Å². The molecule has 0 radical (unpaired) electrons. The Balaban J connectivity index is 1.64. The second-order valence-corrected chi connectivity index (χ2v) is 6.48. The number of thiophene rings is 1. The maximum absolute atomic E-state index is 12.0. The molecule has 0 fully saturated rings. The van der Waals surface area contributed by atoms with Crippen molar-refractivity contribution < 1.29 is 4.74 Å². The van der Waals surface area contributed by atoms with E-state index in [4.69, 9.17) is 4.74 Å².